The molecular weight excluding hydrogens is 272 g/mol. The Hall–Kier alpha value is -1.82. The number of hydrogen-bond donors (Lipinski definition) is 2. The Kier molecular flexibility index (Phi) is 5.61. The standard InChI is InChI=1S/C14H18N4OS/c1-11-5-2-3-6-12(11)20-9-14(19)15-8-4-7-13-16-10-17-18-13/h2-3,5-6,10H,4,7-9H2,1H3,(H,15,19)(H,16,17,18). The fraction of sp³-hybridized carbons (Fsp3) is 0.357. The molecule has 0 radical (unpaired) electrons. The second kappa shape index (κ2) is 7.69. The highest BCUT2D eigenvalue weighted by Crippen LogP contribution is 2.21. The van der Waals surface area contributed by atoms with Crippen molar-refractivity contribution in [2.45, 2.75) is 24.7 Å². The van der Waals surface area contributed by atoms with E-state index in [1.54, 1.807) is 11.8 Å². The molecule has 0 unspecified atom stereocenters. The third kappa shape index (κ3) is 4.70. The third-order valence-electron chi connectivity index (χ3n) is 2.83. The number of amides is 1. The van der Waals surface area contributed by atoms with Gasteiger partial charge in [0.25, 0.3) is 0 Å². The maximum absolute atomic E-state index is 11.7. The first-order chi connectivity index (χ1) is 9.75. The third-order valence-corrected chi connectivity index (χ3v) is 4.01. The number of H-pyrrole nitrogens is 1. The van der Waals surface area contributed by atoms with Gasteiger partial charge in [-0.25, -0.2) is 4.98 Å². The van der Waals surface area contributed by atoms with Gasteiger partial charge < -0.3 is 5.32 Å². The molecule has 0 saturated carbocycles. The maximum atomic E-state index is 11.7. The molecule has 0 bridgehead atoms. The molecule has 5 nitrogen and oxygen atoms in total. The first kappa shape index (κ1) is 14.6. The van der Waals surface area contributed by atoms with Gasteiger partial charge in [0.15, 0.2) is 0 Å². The summed E-state index contributed by atoms with van der Waals surface area (Å²) in [4.78, 5) is 16.9. The second-order valence-electron chi connectivity index (χ2n) is 4.44. The average molecular weight is 290 g/mol. The van der Waals surface area contributed by atoms with Gasteiger partial charge in [-0.2, -0.15) is 5.10 Å². The Labute approximate surface area is 122 Å². The number of carbonyl (C=O) groups is 1. The summed E-state index contributed by atoms with van der Waals surface area (Å²) < 4.78 is 0. The van der Waals surface area contributed by atoms with Crippen molar-refractivity contribution in [2.24, 2.45) is 0 Å². The van der Waals surface area contributed by atoms with Crippen molar-refractivity contribution in [1.82, 2.24) is 20.5 Å². The minimum Gasteiger partial charge on any atom is -0.355 e. The van der Waals surface area contributed by atoms with Crippen LogP contribution in [0.25, 0.3) is 0 Å². The van der Waals surface area contributed by atoms with Crippen LogP contribution < -0.4 is 5.32 Å². The van der Waals surface area contributed by atoms with E-state index in [0.717, 1.165) is 23.6 Å². The fourth-order valence-electron chi connectivity index (χ4n) is 1.75. The van der Waals surface area contributed by atoms with Gasteiger partial charge in [0.05, 0.1) is 5.75 Å². The fourth-order valence-corrected chi connectivity index (χ4v) is 2.61. The summed E-state index contributed by atoms with van der Waals surface area (Å²) in [5, 5.41) is 9.49. The van der Waals surface area contributed by atoms with Gasteiger partial charge in [0, 0.05) is 17.9 Å². The lowest BCUT2D eigenvalue weighted by Gasteiger charge is -2.06. The molecule has 0 saturated heterocycles. The minimum absolute atomic E-state index is 0.0656. The summed E-state index contributed by atoms with van der Waals surface area (Å²) in [7, 11) is 0. The van der Waals surface area contributed by atoms with E-state index < -0.39 is 0 Å². The molecule has 0 aliphatic carbocycles. The molecule has 6 heteroatoms. The number of rotatable bonds is 7. The van der Waals surface area contributed by atoms with Crippen molar-refractivity contribution in [1.29, 1.82) is 0 Å². The van der Waals surface area contributed by atoms with Crippen LogP contribution in [0.15, 0.2) is 35.5 Å². The van der Waals surface area contributed by atoms with Crippen LogP contribution in [0.2, 0.25) is 0 Å². The first-order valence-corrected chi connectivity index (χ1v) is 7.53. The number of hydrogen-bond acceptors (Lipinski definition) is 4. The molecule has 1 aromatic heterocycles. The van der Waals surface area contributed by atoms with Crippen molar-refractivity contribution < 1.29 is 4.79 Å². The van der Waals surface area contributed by atoms with E-state index in [2.05, 4.69) is 33.5 Å². The lowest BCUT2D eigenvalue weighted by atomic mass is 10.2. The zero-order chi connectivity index (χ0) is 14.2. The van der Waals surface area contributed by atoms with E-state index >= 15 is 0 Å². The van der Waals surface area contributed by atoms with Crippen molar-refractivity contribution in [3.05, 3.63) is 42.0 Å². The van der Waals surface area contributed by atoms with Gasteiger partial charge in [-0.1, -0.05) is 18.2 Å². The van der Waals surface area contributed by atoms with Gasteiger partial charge in [-0.05, 0) is 25.0 Å². The Balaban J connectivity index is 1.62. The van der Waals surface area contributed by atoms with E-state index in [4.69, 9.17) is 0 Å². The summed E-state index contributed by atoms with van der Waals surface area (Å²) in [6, 6.07) is 8.09. The van der Waals surface area contributed by atoms with Crippen molar-refractivity contribution >= 4 is 17.7 Å². The summed E-state index contributed by atoms with van der Waals surface area (Å²) in [6.45, 7) is 2.71. The predicted octanol–water partition coefficient (Wildman–Crippen LogP) is 1.95. The van der Waals surface area contributed by atoms with Crippen LogP contribution in [0.1, 0.15) is 17.8 Å². The number of aromatic amines is 1. The normalized spacial score (nSPS) is 10.4. The van der Waals surface area contributed by atoms with E-state index in [-0.39, 0.29) is 5.91 Å². The van der Waals surface area contributed by atoms with Crippen LogP contribution in [-0.2, 0) is 11.2 Å². The highest BCUT2D eigenvalue weighted by molar-refractivity contribution is 8.00. The van der Waals surface area contributed by atoms with E-state index in [0.29, 0.717) is 12.3 Å². The number of aryl methyl sites for hydroxylation is 2. The zero-order valence-electron chi connectivity index (χ0n) is 11.4. The summed E-state index contributed by atoms with van der Waals surface area (Å²) in [6.07, 6.45) is 3.15. The van der Waals surface area contributed by atoms with E-state index in [1.807, 2.05) is 18.2 Å². The quantitative estimate of drug-likeness (QED) is 0.604. The number of aromatic nitrogens is 3. The van der Waals surface area contributed by atoms with Crippen LogP contribution in [0.4, 0.5) is 0 Å². The van der Waals surface area contributed by atoms with Crippen LogP contribution >= 0.6 is 11.8 Å². The Bertz CT molecular complexity index is 542. The molecule has 0 aliphatic heterocycles. The SMILES string of the molecule is Cc1ccccc1SCC(=O)NCCCc1ncn[nH]1. The molecule has 0 spiro atoms. The van der Waals surface area contributed by atoms with Gasteiger partial charge >= 0.3 is 0 Å². The summed E-state index contributed by atoms with van der Waals surface area (Å²) in [5.41, 5.74) is 1.20. The van der Waals surface area contributed by atoms with Gasteiger partial charge in [-0.3, -0.25) is 9.89 Å². The second-order valence-corrected chi connectivity index (χ2v) is 5.46. The van der Waals surface area contributed by atoms with Crippen LogP contribution in [-0.4, -0.2) is 33.4 Å². The minimum atomic E-state index is 0.0656. The molecule has 2 N–H and O–H groups in total. The first-order valence-electron chi connectivity index (χ1n) is 6.55. The van der Waals surface area contributed by atoms with Crippen LogP contribution in [0, 0.1) is 6.92 Å². The average Bonchev–Trinajstić information content (AvgIpc) is 2.96. The molecule has 0 atom stereocenters. The topological polar surface area (TPSA) is 70.7 Å². The highest BCUT2D eigenvalue weighted by Gasteiger charge is 2.04. The Morgan fingerprint density at radius 2 is 2.25 bits per heavy atom. The van der Waals surface area contributed by atoms with Crippen molar-refractivity contribution in [3.8, 4) is 0 Å². The summed E-state index contributed by atoms with van der Waals surface area (Å²) in [5.74, 6) is 1.37. The number of thioether (sulfide) groups is 1. The molecule has 1 amide bonds. The molecule has 2 rings (SSSR count). The number of carbonyl (C=O) groups excluding carboxylic acids is 1. The largest absolute Gasteiger partial charge is 0.355 e. The van der Waals surface area contributed by atoms with Gasteiger partial charge in [0.1, 0.15) is 12.2 Å². The molecule has 0 fully saturated rings. The smallest absolute Gasteiger partial charge is 0.230 e. The molecule has 20 heavy (non-hydrogen) atoms. The van der Waals surface area contributed by atoms with Gasteiger partial charge in [0.2, 0.25) is 5.91 Å². The van der Waals surface area contributed by atoms with Crippen LogP contribution in [0.3, 0.4) is 0 Å². The van der Waals surface area contributed by atoms with E-state index in [1.165, 1.54) is 11.9 Å². The molecular formula is C14H18N4OS. The van der Waals surface area contributed by atoms with E-state index in [9.17, 15) is 4.79 Å². The van der Waals surface area contributed by atoms with Crippen LogP contribution in [0.5, 0.6) is 0 Å². The number of benzene rings is 1. The zero-order valence-corrected chi connectivity index (χ0v) is 12.2. The molecule has 106 valence electrons. The summed E-state index contributed by atoms with van der Waals surface area (Å²) >= 11 is 1.57. The molecule has 1 aromatic carbocycles. The van der Waals surface area contributed by atoms with Crippen molar-refractivity contribution in [3.63, 3.8) is 0 Å². The lowest BCUT2D eigenvalue weighted by Crippen LogP contribution is -2.26. The Morgan fingerprint density at radius 1 is 1.40 bits per heavy atom. The molecule has 1 heterocycles. The lowest BCUT2D eigenvalue weighted by molar-refractivity contribution is -0.118. The molecule has 2 aromatic rings. The van der Waals surface area contributed by atoms with Gasteiger partial charge in [-0.15, -0.1) is 11.8 Å². The monoisotopic (exact) mass is 290 g/mol. The maximum Gasteiger partial charge on any atom is 0.230 e. The highest BCUT2D eigenvalue weighted by atomic mass is 32.2. The number of nitrogens with zero attached hydrogens (tertiary/aromatic N) is 2. The van der Waals surface area contributed by atoms with Crippen molar-refractivity contribution in [2.75, 3.05) is 12.3 Å². The number of nitrogens with one attached hydrogen (secondary N) is 2. The predicted molar refractivity (Wildman–Crippen MR) is 79.6 cm³/mol. The Morgan fingerprint density at radius 3 is 3.00 bits per heavy atom. The molecule has 0 aliphatic rings.